The van der Waals surface area contributed by atoms with Crippen LogP contribution in [0, 0.1) is 0 Å². The molecule has 25 heavy (non-hydrogen) atoms. The Balaban J connectivity index is 1.62. The van der Waals surface area contributed by atoms with Gasteiger partial charge in [0, 0.05) is 23.1 Å². The fourth-order valence-corrected chi connectivity index (χ4v) is 3.51. The van der Waals surface area contributed by atoms with Crippen LogP contribution in [0.3, 0.4) is 0 Å². The fourth-order valence-electron chi connectivity index (χ4n) is 3.11. The summed E-state index contributed by atoms with van der Waals surface area (Å²) in [7, 11) is 0. The van der Waals surface area contributed by atoms with E-state index in [0.29, 0.717) is 25.1 Å². The van der Waals surface area contributed by atoms with Gasteiger partial charge in [-0.2, -0.15) is 0 Å². The average molecular weight is 401 g/mol. The first-order chi connectivity index (χ1) is 12.0. The van der Waals surface area contributed by atoms with E-state index in [9.17, 15) is 9.59 Å². The Morgan fingerprint density at radius 2 is 1.96 bits per heavy atom. The van der Waals surface area contributed by atoms with Crippen molar-refractivity contribution >= 4 is 27.7 Å². The van der Waals surface area contributed by atoms with Gasteiger partial charge in [-0.1, -0.05) is 52.3 Å². The van der Waals surface area contributed by atoms with Crippen molar-refractivity contribution in [3.8, 4) is 0 Å². The lowest BCUT2D eigenvalue weighted by Crippen LogP contribution is -2.52. The number of nitrogens with zero attached hydrogens (tertiary/aromatic N) is 1. The second kappa shape index (κ2) is 7.40. The minimum absolute atomic E-state index is 0.00761. The van der Waals surface area contributed by atoms with Gasteiger partial charge in [-0.05, 0) is 43.5 Å². The van der Waals surface area contributed by atoms with Gasteiger partial charge in [0.25, 0.3) is 5.91 Å². The SMILES string of the molecule is CC1(NC(=O)c2cccc(Br)c2)CCN(CCc2ccccc2)C1=O. The molecule has 2 aromatic carbocycles. The Morgan fingerprint density at radius 3 is 2.68 bits per heavy atom. The maximum Gasteiger partial charge on any atom is 0.252 e. The van der Waals surface area contributed by atoms with E-state index in [-0.39, 0.29) is 11.8 Å². The van der Waals surface area contributed by atoms with Crippen LogP contribution in [-0.4, -0.2) is 35.3 Å². The minimum atomic E-state index is -0.837. The predicted octanol–water partition coefficient (Wildman–Crippen LogP) is 3.41. The fraction of sp³-hybridized carbons (Fsp3) is 0.300. The van der Waals surface area contributed by atoms with Gasteiger partial charge in [0.05, 0.1) is 0 Å². The Morgan fingerprint density at radius 1 is 1.20 bits per heavy atom. The molecule has 1 N–H and O–H groups in total. The first-order valence-corrected chi connectivity index (χ1v) is 9.19. The number of carbonyl (C=O) groups excluding carboxylic acids is 2. The number of hydrogen-bond donors (Lipinski definition) is 1. The molecule has 1 atom stereocenters. The quantitative estimate of drug-likeness (QED) is 0.835. The minimum Gasteiger partial charge on any atom is -0.340 e. The van der Waals surface area contributed by atoms with Crippen molar-refractivity contribution in [1.29, 1.82) is 0 Å². The van der Waals surface area contributed by atoms with Crippen LogP contribution < -0.4 is 5.32 Å². The zero-order valence-corrected chi connectivity index (χ0v) is 15.8. The number of likely N-dealkylation sites (tertiary alicyclic amines) is 1. The third-order valence-corrected chi connectivity index (χ3v) is 5.12. The maximum absolute atomic E-state index is 12.8. The highest BCUT2D eigenvalue weighted by Crippen LogP contribution is 2.24. The van der Waals surface area contributed by atoms with Crippen LogP contribution in [-0.2, 0) is 11.2 Å². The maximum atomic E-state index is 12.8. The molecule has 1 aliphatic heterocycles. The van der Waals surface area contributed by atoms with Crippen LogP contribution in [0.25, 0.3) is 0 Å². The number of benzene rings is 2. The monoisotopic (exact) mass is 400 g/mol. The summed E-state index contributed by atoms with van der Waals surface area (Å²) in [5, 5.41) is 2.93. The molecule has 130 valence electrons. The number of rotatable bonds is 5. The van der Waals surface area contributed by atoms with Gasteiger partial charge in [0.15, 0.2) is 0 Å². The van der Waals surface area contributed by atoms with E-state index in [4.69, 9.17) is 0 Å². The first-order valence-electron chi connectivity index (χ1n) is 8.39. The summed E-state index contributed by atoms with van der Waals surface area (Å²) < 4.78 is 0.840. The molecule has 2 aromatic rings. The summed E-state index contributed by atoms with van der Waals surface area (Å²) in [4.78, 5) is 27.1. The highest BCUT2D eigenvalue weighted by Gasteiger charge is 2.43. The summed E-state index contributed by atoms with van der Waals surface area (Å²) in [5.74, 6) is -0.228. The second-order valence-electron chi connectivity index (χ2n) is 6.57. The third-order valence-electron chi connectivity index (χ3n) is 4.63. The molecular formula is C20H21BrN2O2. The molecule has 1 fully saturated rings. The van der Waals surface area contributed by atoms with E-state index in [1.807, 2.05) is 42.2 Å². The average Bonchev–Trinajstić information content (AvgIpc) is 2.89. The lowest BCUT2D eigenvalue weighted by molar-refractivity contribution is -0.132. The number of nitrogens with one attached hydrogen (secondary N) is 1. The van der Waals surface area contributed by atoms with Crippen LogP contribution in [0.4, 0.5) is 0 Å². The normalized spacial score (nSPS) is 19.9. The molecule has 0 spiro atoms. The summed E-state index contributed by atoms with van der Waals surface area (Å²) in [6, 6.07) is 17.3. The first kappa shape index (κ1) is 17.7. The topological polar surface area (TPSA) is 49.4 Å². The number of hydrogen-bond acceptors (Lipinski definition) is 2. The van der Waals surface area contributed by atoms with E-state index in [1.165, 1.54) is 5.56 Å². The van der Waals surface area contributed by atoms with E-state index in [0.717, 1.165) is 10.9 Å². The molecule has 0 radical (unpaired) electrons. The Bertz CT molecular complexity index is 778. The van der Waals surface area contributed by atoms with Crippen LogP contribution in [0.1, 0.15) is 29.3 Å². The van der Waals surface area contributed by atoms with Crippen molar-refractivity contribution in [3.05, 3.63) is 70.2 Å². The number of amides is 2. The van der Waals surface area contributed by atoms with Crippen LogP contribution in [0.5, 0.6) is 0 Å². The Kier molecular flexibility index (Phi) is 5.23. The van der Waals surface area contributed by atoms with Crippen LogP contribution in [0.15, 0.2) is 59.1 Å². The Labute approximate surface area is 156 Å². The van der Waals surface area contributed by atoms with Gasteiger partial charge in [0.1, 0.15) is 5.54 Å². The molecule has 1 saturated heterocycles. The van der Waals surface area contributed by atoms with E-state index in [1.54, 1.807) is 12.1 Å². The van der Waals surface area contributed by atoms with Crippen molar-refractivity contribution in [2.75, 3.05) is 13.1 Å². The summed E-state index contributed by atoms with van der Waals surface area (Å²) >= 11 is 3.37. The molecule has 2 amide bonds. The van der Waals surface area contributed by atoms with Crippen molar-refractivity contribution in [1.82, 2.24) is 10.2 Å². The highest BCUT2D eigenvalue weighted by molar-refractivity contribution is 9.10. The zero-order valence-electron chi connectivity index (χ0n) is 14.2. The van der Waals surface area contributed by atoms with Crippen molar-refractivity contribution < 1.29 is 9.59 Å². The summed E-state index contributed by atoms with van der Waals surface area (Å²) in [5.41, 5.74) is 0.920. The largest absolute Gasteiger partial charge is 0.340 e. The molecule has 0 aromatic heterocycles. The van der Waals surface area contributed by atoms with Crippen LogP contribution in [0.2, 0.25) is 0 Å². The second-order valence-corrected chi connectivity index (χ2v) is 7.49. The van der Waals surface area contributed by atoms with Crippen molar-refractivity contribution in [2.45, 2.75) is 25.3 Å². The zero-order chi connectivity index (χ0) is 17.9. The van der Waals surface area contributed by atoms with E-state index < -0.39 is 5.54 Å². The van der Waals surface area contributed by atoms with Gasteiger partial charge in [-0.25, -0.2) is 0 Å². The standard InChI is InChI=1S/C20H21BrN2O2/c1-20(22-18(24)16-8-5-9-17(21)14-16)11-13-23(19(20)25)12-10-15-6-3-2-4-7-15/h2-9,14H,10-13H2,1H3,(H,22,24). The highest BCUT2D eigenvalue weighted by atomic mass is 79.9. The summed E-state index contributed by atoms with van der Waals surface area (Å²) in [6.45, 7) is 3.15. The lowest BCUT2D eigenvalue weighted by atomic mass is 10.00. The molecular weight excluding hydrogens is 380 g/mol. The smallest absolute Gasteiger partial charge is 0.252 e. The molecule has 1 aliphatic rings. The van der Waals surface area contributed by atoms with Crippen molar-refractivity contribution in [3.63, 3.8) is 0 Å². The van der Waals surface area contributed by atoms with Crippen molar-refractivity contribution in [2.24, 2.45) is 0 Å². The molecule has 5 heteroatoms. The van der Waals surface area contributed by atoms with E-state index in [2.05, 4.69) is 33.4 Å². The molecule has 1 unspecified atom stereocenters. The predicted molar refractivity (Wildman–Crippen MR) is 101 cm³/mol. The van der Waals surface area contributed by atoms with Gasteiger partial charge >= 0.3 is 0 Å². The summed E-state index contributed by atoms with van der Waals surface area (Å²) in [6.07, 6.45) is 1.45. The lowest BCUT2D eigenvalue weighted by Gasteiger charge is -2.25. The molecule has 1 heterocycles. The van der Waals surface area contributed by atoms with Gasteiger partial charge in [0.2, 0.25) is 5.91 Å². The molecule has 3 rings (SSSR count). The van der Waals surface area contributed by atoms with Gasteiger partial charge < -0.3 is 10.2 Å². The molecule has 0 aliphatic carbocycles. The third kappa shape index (κ3) is 4.10. The van der Waals surface area contributed by atoms with Gasteiger partial charge in [-0.15, -0.1) is 0 Å². The van der Waals surface area contributed by atoms with Crippen LogP contribution >= 0.6 is 15.9 Å². The number of halogens is 1. The van der Waals surface area contributed by atoms with E-state index >= 15 is 0 Å². The molecule has 0 bridgehead atoms. The van der Waals surface area contributed by atoms with Gasteiger partial charge in [-0.3, -0.25) is 9.59 Å². The molecule has 4 nitrogen and oxygen atoms in total. The molecule has 0 saturated carbocycles. The Hall–Kier alpha value is -2.14. The number of carbonyl (C=O) groups is 2.